The first-order valence-corrected chi connectivity index (χ1v) is 9.81. The van der Waals surface area contributed by atoms with Crippen molar-refractivity contribution >= 4 is 21.8 Å². The molecule has 27 heavy (non-hydrogen) atoms. The van der Waals surface area contributed by atoms with Crippen LogP contribution in [-0.2, 0) is 10.8 Å². The number of rotatable bonds is 1. The van der Waals surface area contributed by atoms with Gasteiger partial charge in [0.15, 0.2) is 0 Å². The summed E-state index contributed by atoms with van der Waals surface area (Å²) in [4.78, 5) is 0. The van der Waals surface area contributed by atoms with Crippen molar-refractivity contribution in [3.8, 4) is 5.69 Å². The molecule has 0 aliphatic heterocycles. The Kier molecular flexibility index (Phi) is 3.96. The molecule has 0 N–H and O–H groups in total. The Morgan fingerprint density at radius 1 is 0.630 bits per heavy atom. The molecule has 138 valence electrons. The Hall–Kier alpha value is -2.54. The van der Waals surface area contributed by atoms with E-state index in [1.165, 1.54) is 38.6 Å². The summed E-state index contributed by atoms with van der Waals surface area (Å²) in [6.07, 6.45) is 0. The number of fused-ring (bicyclic) bond motifs is 3. The smallest absolute Gasteiger partial charge is 0.0544 e. The van der Waals surface area contributed by atoms with Crippen molar-refractivity contribution in [3.05, 3.63) is 77.9 Å². The van der Waals surface area contributed by atoms with Crippen LogP contribution in [0.5, 0.6) is 0 Å². The highest BCUT2D eigenvalue weighted by molar-refractivity contribution is 6.11. The fraction of sp³-hybridized carbons (Fsp3) is 0.308. The van der Waals surface area contributed by atoms with Gasteiger partial charge in [-0.15, -0.1) is 0 Å². The maximum absolute atomic E-state index is 2.43. The van der Waals surface area contributed by atoms with E-state index in [2.05, 4.69) is 113 Å². The normalized spacial score (nSPS) is 12.8. The lowest BCUT2D eigenvalue weighted by molar-refractivity contribution is 0.590. The maximum atomic E-state index is 2.43. The summed E-state index contributed by atoms with van der Waals surface area (Å²) in [7, 11) is 0. The molecule has 0 spiro atoms. The van der Waals surface area contributed by atoms with Crippen LogP contribution in [0.3, 0.4) is 0 Å². The van der Waals surface area contributed by atoms with E-state index in [0.29, 0.717) is 0 Å². The number of benzene rings is 3. The van der Waals surface area contributed by atoms with Gasteiger partial charge in [0.2, 0.25) is 0 Å². The molecule has 0 amide bonds. The van der Waals surface area contributed by atoms with Crippen molar-refractivity contribution in [1.82, 2.24) is 4.57 Å². The Balaban J connectivity index is 2.13. The van der Waals surface area contributed by atoms with Crippen molar-refractivity contribution in [2.45, 2.75) is 52.4 Å². The molecule has 0 radical (unpaired) electrons. The predicted molar refractivity (Wildman–Crippen MR) is 118 cm³/mol. The fourth-order valence-corrected chi connectivity index (χ4v) is 4.03. The number of para-hydroxylation sites is 1. The highest BCUT2D eigenvalue weighted by Gasteiger charge is 2.22. The molecule has 3 aromatic carbocycles. The van der Waals surface area contributed by atoms with Gasteiger partial charge in [-0.05, 0) is 46.2 Å². The van der Waals surface area contributed by atoms with E-state index in [4.69, 9.17) is 0 Å². The summed E-state index contributed by atoms with van der Waals surface area (Å²) < 4.78 is 2.43. The highest BCUT2D eigenvalue weighted by Crippen LogP contribution is 2.39. The third-order valence-electron chi connectivity index (χ3n) is 5.48. The van der Waals surface area contributed by atoms with Gasteiger partial charge < -0.3 is 4.57 Å². The van der Waals surface area contributed by atoms with Gasteiger partial charge in [0.05, 0.1) is 11.0 Å². The second kappa shape index (κ2) is 5.99. The molecule has 0 atom stereocenters. The van der Waals surface area contributed by atoms with Crippen LogP contribution in [-0.4, -0.2) is 4.57 Å². The minimum atomic E-state index is 0.0989. The van der Waals surface area contributed by atoms with Crippen LogP contribution >= 0.6 is 0 Å². The van der Waals surface area contributed by atoms with Gasteiger partial charge in [0.1, 0.15) is 0 Å². The van der Waals surface area contributed by atoms with Crippen LogP contribution < -0.4 is 0 Å². The second-order valence-corrected chi connectivity index (χ2v) is 9.60. The average Bonchev–Trinajstić information content (AvgIpc) is 2.94. The van der Waals surface area contributed by atoms with Gasteiger partial charge in [-0.1, -0.05) is 84.0 Å². The molecule has 0 fully saturated rings. The molecule has 1 heterocycles. The summed E-state index contributed by atoms with van der Waals surface area (Å²) in [5, 5.41) is 2.71. The second-order valence-electron chi connectivity index (χ2n) is 9.60. The summed E-state index contributed by atoms with van der Waals surface area (Å²) in [6, 6.07) is 24.5. The number of aromatic nitrogens is 1. The Bertz CT molecular complexity index is 1130. The fourth-order valence-electron chi connectivity index (χ4n) is 4.03. The van der Waals surface area contributed by atoms with Gasteiger partial charge in [0, 0.05) is 16.5 Å². The first-order chi connectivity index (χ1) is 12.7. The molecular weight excluding hydrogens is 326 g/mol. The van der Waals surface area contributed by atoms with Crippen molar-refractivity contribution in [3.63, 3.8) is 0 Å². The van der Waals surface area contributed by atoms with Gasteiger partial charge in [-0.2, -0.15) is 0 Å². The molecule has 4 rings (SSSR count). The van der Waals surface area contributed by atoms with Crippen molar-refractivity contribution < 1.29 is 0 Å². The highest BCUT2D eigenvalue weighted by atomic mass is 15.0. The predicted octanol–water partition coefficient (Wildman–Crippen LogP) is 7.38. The first-order valence-electron chi connectivity index (χ1n) is 9.81. The molecule has 0 aliphatic rings. The van der Waals surface area contributed by atoms with Crippen molar-refractivity contribution in [1.29, 1.82) is 0 Å². The third kappa shape index (κ3) is 2.96. The lowest BCUT2D eigenvalue weighted by atomic mass is 9.84. The van der Waals surface area contributed by atoms with Gasteiger partial charge in [-0.25, -0.2) is 0 Å². The molecular formula is C26H29N. The van der Waals surface area contributed by atoms with Crippen LogP contribution in [0, 0.1) is 0 Å². The van der Waals surface area contributed by atoms with E-state index < -0.39 is 0 Å². The first kappa shape index (κ1) is 17.9. The molecule has 4 aromatic rings. The molecule has 1 heteroatoms. The summed E-state index contributed by atoms with van der Waals surface area (Å²) in [6.45, 7) is 13.7. The SMILES string of the molecule is CC(C)(C)c1cccc(-n2c3ccccc3c3c(C(C)(C)C)cccc32)c1. The minimum absolute atomic E-state index is 0.0989. The van der Waals surface area contributed by atoms with Crippen LogP contribution in [0.4, 0.5) is 0 Å². The topological polar surface area (TPSA) is 4.93 Å². The molecule has 0 saturated heterocycles. The average molecular weight is 356 g/mol. The molecule has 0 saturated carbocycles. The zero-order valence-electron chi connectivity index (χ0n) is 17.3. The molecule has 0 unspecified atom stereocenters. The molecule has 0 aliphatic carbocycles. The largest absolute Gasteiger partial charge is 0.309 e. The lowest BCUT2D eigenvalue weighted by Gasteiger charge is -2.21. The monoisotopic (exact) mass is 355 g/mol. The zero-order valence-corrected chi connectivity index (χ0v) is 17.3. The quantitative estimate of drug-likeness (QED) is 0.336. The number of hydrogen-bond donors (Lipinski definition) is 0. The van der Waals surface area contributed by atoms with Crippen molar-refractivity contribution in [2.75, 3.05) is 0 Å². The number of hydrogen-bond acceptors (Lipinski definition) is 0. The van der Waals surface area contributed by atoms with Crippen molar-refractivity contribution in [2.24, 2.45) is 0 Å². The van der Waals surface area contributed by atoms with E-state index in [9.17, 15) is 0 Å². The molecule has 1 nitrogen and oxygen atoms in total. The maximum Gasteiger partial charge on any atom is 0.0544 e. The third-order valence-corrected chi connectivity index (χ3v) is 5.48. The Morgan fingerprint density at radius 2 is 1.30 bits per heavy atom. The summed E-state index contributed by atoms with van der Waals surface area (Å²) >= 11 is 0. The summed E-state index contributed by atoms with van der Waals surface area (Å²) in [5.41, 5.74) is 6.79. The van der Waals surface area contributed by atoms with E-state index in [1.807, 2.05) is 0 Å². The van der Waals surface area contributed by atoms with Gasteiger partial charge >= 0.3 is 0 Å². The minimum Gasteiger partial charge on any atom is -0.309 e. The van der Waals surface area contributed by atoms with Gasteiger partial charge in [-0.3, -0.25) is 0 Å². The molecule has 0 bridgehead atoms. The summed E-state index contributed by atoms with van der Waals surface area (Å²) in [5.74, 6) is 0. The lowest BCUT2D eigenvalue weighted by Crippen LogP contribution is -2.12. The van der Waals surface area contributed by atoms with Crippen LogP contribution in [0.25, 0.3) is 27.5 Å². The van der Waals surface area contributed by atoms with E-state index >= 15 is 0 Å². The standard InChI is InChI=1S/C26H29N/c1-25(2,3)18-11-9-12-19(17-18)27-22-15-8-7-13-20(22)24-21(26(4,5)6)14-10-16-23(24)27/h7-17H,1-6H3. The van der Waals surface area contributed by atoms with Crippen LogP contribution in [0.2, 0.25) is 0 Å². The van der Waals surface area contributed by atoms with Gasteiger partial charge in [0.25, 0.3) is 0 Å². The number of nitrogens with zero attached hydrogens (tertiary/aromatic N) is 1. The van der Waals surface area contributed by atoms with Crippen LogP contribution in [0.15, 0.2) is 66.7 Å². The van der Waals surface area contributed by atoms with E-state index in [1.54, 1.807) is 0 Å². The van der Waals surface area contributed by atoms with E-state index in [0.717, 1.165) is 0 Å². The Labute approximate surface area is 162 Å². The van der Waals surface area contributed by atoms with E-state index in [-0.39, 0.29) is 10.8 Å². The van der Waals surface area contributed by atoms with Crippen LogP contribution in [0.1, 0.15) is 52.7 Å². The zero-order chi connectivity index (χ0) is 19.4. The molecule has 1 aromatic heterocycles. The Morgan fingerprint density at radius 3 is 2.00 bits per heavy atom.